The van der Waals surface area contributed by atoms with Crippen LogP contribution < -0.4 is 15.8 Å². The summed E-state index contributed by atoms with van der Waals surface area (Å²) in [5, 5.41) is 10.3. The lowest BCUT2D eigenvalue weighted by Crippen LogP contribution is -2.28. The van der Waals surface area contributed by atoms with E-state index in [1.54, 1.807) is 29.5 Å². The molecule has 134 valence electrons. The molecule has 26 heavy (non-hydrogen) atoms. The number of nitrogens with zero attached hydrogens (tertiary/aromatic N) is 3. The number of imidazole rings is 1. The molecule has 0 atom stereocenters. The number of anilines is 1. The fourth-order valence-corrected chi connectivity index (χ4v) is 2.67. The van der Waals surface area contributed by atoms with Gasteiger partial charge in [0, 0.05) is 30.8 Å². The third-order valence-corrected chi connectivity index (χ3v) is 4.40. The maximum absolute atomic E-state index is 11.9. The van der Waals surface area contributed by atoms with Gasteiger partial charge in [-0.25, -0.2) is 28.3 Å². The monoisotopic (exact) mass is 372 g/mol. The van der Waals surface area contributed by atoms with Crippen LogP contribution in [0.2, 0.25) is 0 Å². The molecule has 0 aliphatic carbocycles. The van der Waals surface area contributed by atoms with Gasteiger partial charge in [0.15, 0.2) is 0 Å². The van der Waals surface area contributed by atoms with Crippen LogP contribution in [0.1, 0.15) is 5.56 Å². The zero-order valence-corrected chi connectivity index (χ0v) is 14.3. The number of hydrogen-bond acceptors (Lipinski definition) is 5. The number of rotatable bonds is 5. The van der Waals surface area contributed by atoms with E-state index in [2.05, 4.69) is 20.6 Å². The van der Waals surface area contributed by atoms with Gasteiger partial charge in [0.1, 0.15) is 12.1 Å². The van der Waals surface area contributed by atoms with Gasteiger partial charge in [0.25, 0.3) is 0 Å². The lowest BCUT2D eigenvalue weighted by atomic mass is 10.3. The highest BCUT2D eigenvalue weighted by Gasteiger charge is 2.08. The van der Waals surface area contributed by atoms with Gasteiger partial charge in [0.2, 0.25) is 10.0 Å². The second kappa shape index (κ2) is 7.33. The number of carbonyl (C=O) groups excluding carboxylic acids is 1. The van der Waals surface area contributed by atoms with Crippen LogP contribution in [-0.2, 0) is 16.6 Å². The summed E-state index contributed by atoms with van der Waals surface area (Å²) in [4.78, 5) is 20.2. The average molecular weight is 372 g/mol. The van der Waals surface area contributed by atoms with Gasteiger partial charge in [-0.3, -0.25) is 4.57 Å². The van der Waals surface area contributed by atoms with Gasteiger partial charge in [-0.2, -0.15) is 0 Å². The molecule has 0 unspecified atom stereocenters. The number of nitrogens with two attached hydrogens (primary N) is 1. The highest BCUT2D eigenvalue weighted by Crippen LogP contribution is 2.12. The summed E-state index contributed by atoms with van der Waals surface area (Å²) < 4.78 is 24.2. The van der Waals surface area contributed by atoms with Crippen LogP contribution in [0.4, 0.5) is 10.5 Å². The Balaban J connectivity index is 1.54. The van der Waals surface area contributed by atoms with Crippen LogP contribution in [0.25, 0.3) is 5.82 Å². The fourth-order valence-electron chi connectivity index (χ4n) is 2.15. The summed E-state index contributed by atoms with van der Waals surface area (Å²) in [5.74, 6) is 0.727. The molecule has 2 heterocycles. The molecule has 0 radical (unpaired) electrons. The molecule has 0 saturated heterocycles. The third kappa shape index (κ3) is 4.43. The van der Waals surface area contributed by atoms with Crippen molar-refractivity contribution >= 4 is 21.7 Å². The van der Waals surface area contributed by atoms with E-state index in [1.807, 2.05) is 12.1 Å². The molecule has 0 saturated carbocycles. The molecule has 4 N–H and O–H groups in total. The molecule has 0 aliphatic heterocycles. The molecule has 0 spiro atoms. The number of nitrogens with one attached hydrogen (secondary N) is 2. The number of benzene rings is 1. The SMILES string of the molecule is NS(=O)(=O)c1ccc(NC(=O)NCc2ccc(-n3ccnc3)nc2)cc1. The highest BCUT2D eigenvalue weighted by molar-refractivity contribution is 7.89. The number of aromatic nitrogens is 3. The second-order valence-electron chi connectivity index (χ2n) is 5.37. The number of urea groups is 1. The van der Waals surface area contributed by atoms with Crippen molar-refractivity contribution in [3.8, 4) is 5.82 Å². The maximum atomic E-state index is 11.9. The largest absolute Gasteiger partial charge is 0.334 e. The number of hydrogen-bond donors (Lipinski definition) is 3. The number of primary sulfonamides is 1. The molecule has 0 aliphatic rings. The lowest BCUT2D eigenvalue weighted by Gasteiger charge is -2.08. The lowest BCUT2D eigenvalue weighted by molar-refractivity contribution is 0.251. The van der Waals surface area contributed by atoms with Crippen LogP contribution in [0.15, 0.2) is 66.2 Å². The van der Waals surface area contributed by atoms with E-state index in [4.69, 9.17) is 5.14 Å². The topological polar surface area (TPSA) is 132 Å². The van der Waals surface area contributed by atoms with Crippen molar-refractivity contribution in [3.05, 3.63) is 66.9 Å². The van der Waals surface area contributed by atoms with Crippen molar-refractivity contribution in [2.45, 2.75) is 11.4 Å². The minimum absolute atomic E-state index is 0.0208. The minimum Gasteiger partial charge on any atom is -0.334 e. The molecule has 2 aromatic heterocycles. The molecule has 3 aromatic rings. The Bertz CT molecular complexity index is 983. The highest BCUT2D eigenvalue weighted by atomic mass is 32.2. The van der Waals surface area contributed by atoms with E-state index in [0.29, 0.717) is 5.69 Å². The molecule has 10 heteroatoms. The average Bonchev–Trinajstić information content (AvgIpc) is 3.15. The first-order valence-corrected chi connectivity index (χ1v) is 9.07. The number of amides is 2. The predicted octanol–water partition coefficient (Wildman–Crippen LogP) is 1.24. The Morgan fingerprint density at radius 2 is 1.92 bits per heavy atom. The van der Waals surface area contributed by atoms with E-state index in [0.717, 1.165) is 11.4 Å². The fraction of sp³-hybridized carbons (Fsp3) is 0.0625. The zero-order valence-electron chi connectivity index (χ0n) is 13.5. The van der Waals surface area contributed by atoms with Crippen LogP contribution in [0, 0.1) is 0 Å². The smallest absolute Gasteiger partial charge is 0.319 e. The van der Waals surface area contributed by atoms with Crippen molar-refractivity contribution < 1.29 is 13.2 Å². The van der Waals surface area contributed by atoms with E-state index < -0.39 is 16.1 Å². The Kier molecular flexibility index (Phi) is 4.96. The Labute approximate surface area is 149 Å². The van der Waals surface area contributed by atoms with E-state index >= 15 is 0 Å². The summed E-state index contributed by atoms with van der Waals surface area (Å²) in [7, 11) is -3.76. The molecule has 1 aromatic carbocycles. The second-order valence-corrected chi connectivity index (χ2v) is 6.93. The van der Waals surface area contributed by atoms with Crippen molar-refractivity contribution in [1.29, 1.82) is 0 Å². The van der Waals surface area contributed by atoms with Gasteiger partial charge >= 0.3 is 6.03 Å². The zero-order chi connectivity index (χ0) is 18.6. The Morgan fingerprint density at radius 1 is 1.15 bits per heavy atom. The van der Waals surface area contributed by atoms with Crippen LogP contribution in [0.5, 0.6) is 0 Å². The Hall–Kier alpha value is -3.24. The van der Waals surface area contributed by atoms with Crippen molar-refractivity contribution in [3.63, 3.8) is 0 Å². The standard InChI is InChI=1S/C16H16N6O3S/c17-26(24,25)14-4-2-13(3-5-14)21-16(23)20-10-12-1-6-15(19-9-12)22-8-7-18-11-22/h1-9,11H,10H2,(H2,17,24,25)(H2,20,21,23). The summed E-state index contributed by atoms with van der Waals surface area (Å²) in [6.07, 6.45) is 6.76. The predicted molar refractivity (Wildman–Crippen MR) is 95.0 cm³/mol. The summed E-state index contributed by atoms with van der Waals surface area (Å²) >= 11 is 0. The minimum atomic E-state index is -3.76. The van der Waals surface area contributed by atoms with Crippen molar-refractivity contribution in [1.82, 2.24) is 19.9 Å². The molecule has 9 nitrogen and oxygen atoms in total. The molecular formula is C16H16N6O3S. The van der Waals surface area contributed by atoms with Gasteiger partial charge in [-0.05, 0) is 35.9 Å². The summed E-state index contributed by atoms with van der Waals surface area (Å²) in [6, 6.07) is 8.81. The molecule has 3 rings (SSSR count). The molecule has 2 amide bonds. The number of pyridine rings is 1. The first-order chi connectivity index (χ1) is 12.4. The van der Waals surface area contributed by atoms with E-state index in [9.17, 15) is 13.2 Å². The molecular weight excluding hydrogens is 356 g/mol. The summed E-state index contributed by atoms with van der Waals surface area (Å²) in [6.45, 7) is 0.290. The normalized spacial score (nSPS) is 11.1. The van der Waals surface area contributed by atoms with E-state index in [1.165, 1.54) is 24.3 Å². The van der Waals surface area contributed by atoms with Crippen LogP contribution in [-0.4, -0.2) is 29.0 Å². The van der Waals surface area contributed by atoms with Crippen LogP contribution in [0.3, 0.4) is 0 Å². The van der Waals surface area contributed by atoms with Gasteiger partial charge in [-0.1, -0.05) is 6.07 Å². The maximum Gasteiger partial charge on any atom is 0.319 e. The molecule has 0 bridgehead atoms. The number of sulfonamides is 1. The van der Waals surface area contributed by atoms with Crippen molar-refractivity contribution in [2.24, 2.45) is 5.14 Å². The van der Waals surface area contributed by atoms with E-state index in [-0.39, 0.29) is 11.4 Å². The van der Waals surface area contributed by atoms with Gasteiger partial charge in [-0.15, -0.1) is 0 Å². The van der Waals surface area contributed by atoms with Gasteiger partial charge in [0.05, 0.1) is 4.90 Å². The molecule has 0 fully saturated rings. The third-order valence-electron chi connectivity index (χ3n) is 3.47. The van der Waals surface area contributed by atoms with Crippen LogP contribution >= 0.6 is 0 Å². The first-order valence-electron chi connectivity index (χ1n) is 7.53. The van der Waals surface area contributed by atoms with Gasteiger partial charge < -0.3 is 10.6 Å². The van der Waals surface area contributed by atoms with Crippen molar-refractivity contribution in [2.75, 3.05) is 5.32 Å². The quantitative estimate of drug-likeness (QED) is 0.620. The Morgan fingerprint density at radius 3 is 2.50 bits per heavy atom. The first kappa shape index (κ1) is 17.6. The number of carbonyl (C=O) groups is 1. The summed E-state index contributed by atoms with van der Waals surface area (Å²) in [5.41, 5.74) is 1.28.